The molecule has 2 N–H and O–H groups in total. The van der Waals surface area contributed by atoms with Crippen molar-refractivity contribution < 1.29 is 0 Å². The quantitative estimate of drug-likeness (QED) is 0.871. The molecule has 0 atom stereocenters. The summed E-state index contributed by atoms with van der Waals surface area (Å²) in [5, 5.41) is 7.19. The molecule has 0 saturated heterocycles. The SMILES string of the molecule is CC1(C)C(NCc2ccc3c(c2)CNCC3)C1(C)C. The van der Waals surface area contributed by atoms with Gasteiger partial charge in [0.15, 0.2) is 0 Å². The normalized spacial score (nSPS) is 24.0. The summed E-state index contributed by atoms with van der Waals surface area (Å²) in [5.74, 6) is 0. The van der Waals surface area contributed by atoms with E-state index in [2.05, 4.69) is 56.5 Å². The van der Waals surface area contributed by atoms with Crippen molar-refractivity contribution in [2.45, 2.75) is 53.2 Å². The van der Waals surface area contributed by atoms with Gasteiger partial charge in [-0.3, -0.25) is 0 Å². The average Bonchev–Trinajstić information content (AvgIpc) is 2.77. The van der Waals surface area contributed by atoms with Crippen LogP contribution in [-0.4, -0.2) is 12.6 Å². The van der Waals surface area contributed by atoms with Crippen molar-refractivity contribution in [2.24, 2.45) is 10.8 Å². The highest BCUT2D eigenvalue weighted by atomic mass is 15.0. The Kier molecular flexibility index (Phi) is 2.99. The molecule has 0 unspecified atom stereocenters. The van der Waals surface area contributed by atoms with Crippen LogP contribution in [0.1, 0.15) is 44.4 Å². The third-order valence-corrected chi connectivity index (χ3v) is 5.69. The molecule has 1 heterocycles. The summed E-state index contributed by atoms with van der Waals surface area (Å²) >= 11 is 0. The first-order valence-electron chi connectivity index (χ1n) is 7.48. The van der Waals surface area contributed by atoms with Gasteiger partial charge in [0.05, 0.1) is 0 Å². The molecule has 3 rings (SSSR count). The van der Waals surface area contributed by atoms with Gasteiger partial charge >= 0.3 is 0 Å². The standard InChI is InChI=1S/C17H26N2/c1-16(2)15(17(16,3)4)19-10-12-5-6-13-7-8-18-11-14(13)9-12/h5-6,9,15,18-19H,7-8,10-11H2,1-4H3. The molecule has 1 aliphatic carbocycles. The van der Waals surface area contributed by atoms with E-state index < -0.39 is 0 Å². The zero-order valence-corrected chi connectivity index (χ0v) is 12.6. The number of rotatable bonds is 3. The van der Waals surface area contributed by atoms with Gasteiger partial charge in [0.1, 0.15) is 0 Å². The first-order chi connectivity index (χ1) is 8.93. The van der Waals surface area contributed by atoms with Crippen LogP contribution < -0.4 is 10.6 Å². The molecule has 2 aliphatic rings. The number of hydrogen-bond acceptors (Lipinski definition) is 2. The van der Waals surface area contributed by atoms with Crippen molar-refractivity contribution in [3.63, 3.8) is 0 Å². The highest BCUT2D eigenvalue weighted by Crippen LogP contribution is 2.62. The van der Waals surface area contributed by atoms with E-state index in [1.807, 2.05) is 0 Å². The van der Waals surface area contributed by atoms with Gasteiger partial charge in [0, 0.05) is 19.1 Å². The Morgan fingerprint density at radius 1 is 1.16 bits per heavy atom. The second-order valence-corrected chi connectivity index (χ2v) is 7.29. The molecule has 0 bridgehead atoms. The van der Waals surface area contributed by atoms with Gasteiger partial charge in [-0.25, -0.2) is 0 Å². The summed E-state index contributed by atoms with van der Waals surface area (Å²) in [6.45, 7) is 12.6. The van der Waals surface area contributed by atoms with Crippen LogP contribution in [-0.2, 0) is 19.5 Å². The lowest BCUT2D eigenvalue weighted by Crippen LogP contribution is -2.25. The van der Waals surface area contributed by atoms with Crippen LogP contribution in [0, 0.1) is 10.8 Å². The number of benzene rings is 1. The van der Waals surface area contributed by atoms with Crippen molar-refractivity contribution in [1.29, 1.82) is 0 Å². The minimum atomic E-state index is 0.419. The molecule has 0 amide bonds. The maximum absolute atomic E-state index is 3.74. The maximum Gasteiger partial charge on any atom is 0.0208 e. The van der Waals surface area contributed by atoms with Crippen LogP contribution in [0.5, 0.6) is 0 Å². The molecule has 1 saturated carbocycles. The van der Waals surface area contributed by atoms with Gasteiger partial charge in [0.25, 0.3) is 0 Å². The Bertz CT molecular complexity index is 474. The second-order valence-electron chi connectivity index (χ2n) is 7.29. The molecule has 1 aromatic carbocycles. The Labute approximate surface area is 117 Å². The fraction of sp³-hybridized carbons (Fsp3) is 0.647. The zero-order valence-electron chi connectivity index (χ0n) is 12.6. The van der Waals surface area contributed by atoms with Crippen molar-refractivity contribution in [1.82, 2.24) is 10.6 Å². The van der Waals surface area contributed by atoms with Gasteiger partial charge in [-0.2, -0.15) is 0 Å². The van der Waals surface area contributed by atoms with E-state index in [-0.39, 0.29) is 0 Å². The van der Waals surface area contributed by atoms with E-state index in [9.17, 15) is 0 Å². The van der Waals surface area contributed by atoms with Crippen LogP contribution in [0.4, 0.5) is 0 Å². The highest BCUT2D eigenvalue weighted by molar-refractivity contribution is 5.34. The fourth-order valence-electron chi connectivity index (χ4n) is 3.57. The first-order valence-corrected chi connectivity index (χ1v) is 7.48. The summed E-state index contributed by atoms with van der Waals surface area (Å²) in [4.78, 5) is 0. The van der Waals surface area contributed by atoms with Crippen molar-refractivity contribution >= 4 is 0 Å². The Morgan fingerprint density at radius 3 is 2.58 bits per heavy atom. The van der Waals surface area contributed by atoms with E-state index in [1.54, 1.807) is 0 Å². The van der Waals surface area contributed by atoms with E-state index in [1.165, 1.54) is 23.1 Å². The Morgan fingerprint density at radius 2 is 1.89 bits per heavy atom. The number of hydrogen-bond donors (Lipinski definition) is 2. The molecule has 1 aliphatic heterocycles. The fourth-order valence-corrected chi connectivity index (χ4v) is 3.57. The molecular formula is C17H26N2. The Hall–Kier alpha value is -0.860. The van der Waals surface area contributed by atoms with Gasteiger partial charge in [-0.1, -0.05) is 45.9 Å². The molecular weight excluding hydrogens is 232 g/mol. The molecule has 1 aromatic rings. The lowest BCUT2D eigenvalue weighted by molar-refractivity contribution is 0.457. The molecule has 2 heteroatoms. The van der Waals surface area contributed by atoms with Crippen LogP contribution in [0.3, 0.4) is 0 Å². The van der Waals surface area contributed by atoms with Crippen LogP contribution in [0.2, 0.25) is 0 Å². The first kappa shape index (κ1) is 13.1. The highest BCUT2D eigenvalue weighted by Gasteiger charge is 2.64. The van der Waals surface area contributed by atoms with E-state index in [4.69, 9.17) is 0 Å². The van der Waals surface area contributed by atoms with E-state index in [0.29, 0.717) is 16.9 Å². The summed E-state index contributed by atoms with van der Waals surface area (Å²) < 4.78 is 0. The lowest BCUT2D eigenvalue weighted by Gasteiger charge is -2.18. The van der Waals surface area contributed by atoms with Crippen molar-refractivity contribution in [2.75, 3.05) is 6.54 Å². The topological polar surface area (TPSA) is 24.1 Å². The molecule has 0 radical (unpaired) electrons. The predicted molar refractivity (Wildman–Crippen MR) is 80.0 cm³/mol. The maximum atomic E-state index is 3.74. The Balaban J connectivity index is 1.65. The van der Waals surface area contributed by atoms with Gasteiger partial charge < -0.3 is 10.6 Å². The van der Waals surface area contributed by atoms with E-state index in [0.717, 1.165) is 19.6 Å². The lowest BCUT2D eigenvalue weighted by atomic mass is 9.98. The van der Waals surface area contributed by atoms with Crippen molar-refractivity contribution in [3.05, 3.63) is 34.9 Å². The molecule has 19 heavy (non-hydrogen) atoms. The summed E-state index contributed by atoms with van der Waals surface area (Å²) in [5.41, 5.74) is 5.27. The number of fused-ring (bicyclic) bond motifs is 1. The minimum Gasteiger partial charge on any atom is -0.312 e. The van der Waals surface area contributed by atoms with Crippen molar-refractivity contribution in [3.8, 4) is 0 Å². The van der Waals surface area contributed by atoms with Crippen LogP contribution >= 0.6 is 0 Å². The third kappa shape index (κ3) is 2.11. The van der Waals surface area contributed by atoms with Crippen LogP contribution in [0.15, 0.2) is 18.2 Å². The van der Waals surface area contributed by atoms with Gasteiger partial charge in [0.2, 0.25) is 0 Å². The molecule has 2 nitrogen and oxygen atoms in total. The zero-order chi connectivity index (χ0) is 13.7. The smallest absolute Gasteiger partial charge is 0.0208 e. The molecule has 1 fully saturated rings. The molecule has 104 valence electrons. The second kappa shape index (κ2) is 4.32. The van der Waals surface area contributed by atoms with Gasteiger partial charge in [-0.15, -0.1) is 0 Å². The third-order valence-electron chi connectivity index (χ3n) is 5.69. The summed E-state index contributed by atoms with van der Waals surface area (Å²) in [6, 6.07) is 7.61. The minimum absolute atomic E-state index is 0.419. The van der Waals surface area contributed by atoms with E-state index >= 15 is 0 Å². The van der Waals surface area contributed by atoms with Gasteiger partial charge in [-0.05, 0) is 40.5 Å². The largest absolute Gasteiger partial charge is 0.312 e. The number of nitrogens with one attached hydrogen (secondary N) is 2. The van der Waals surface area contributed by atoms with Crippen LogP contribution in [0.25, 0.3) is 0 Å². The molecule has 0 spiro atoms. The molecule has 0 aromatic heterocycles. The predicted octanol–water partition coefficient (Wildman–Crippen LogP) is 2.86. The summed E-state index contributed by atoms with van der Waals surface area (Å²) in [7, 11) is 0. The summed E-state index contributed by atoms with van der Waals surface area (Å²) in [6.07, 6.45) is 1.17. The monoisotopic (exact) mass is 258 g/mol. The average molecular weight is 258 g/mol.